The summed E-state index contributed by atoms with van der Waals surface area (Å²) in [5, 5.41) is 2.86. The van der Waals surface area contributed by atoms with Crippen LogP contribution in [-0.2, 0) is 22.6 Å². The molecule has 5 nitrogen and oxygen atoms in total. The van der Waals surface area contributed by atoms with Gasteiger partial charge in [-0.05, 0) is 17.5 Å². The Morgan fingerprint density at radius 3 is 2.55 bits per heavy atom. The number of carbonyl (C=O) groups excluding carboxylic acids is 2. The summed E-state index contributed by atoms with van der Waals surface area (Å²) in [6.45, 7) is 3.34. The fourth-order valence-electron chi connectivity index (χ4n) is 2.47. The fraction of sp³-hybridized carbons (Fsp3) is 0.467. The highest BCUT2D eigenvalue weighted by atomic mass is 16.2. The van der Waals surface area contributed by atoms with Crippen molar-refractivity contribution in [1.82, 2.24) is 10.2 Å². The molecule has 20 heavy (non-hydrogen) atoms. The lowest BCUT2D eigenvalue weighted by atomic mass is 10.1. The van der Waals surface area contributed by atoms with Gasteiger partial charge in [-0.15, -0.1) is 0 Å². The molecule has 5 heteroatoms. The smallest absolute Gasteiger partial charge is 0.227 e. The van der Waals surface area contributed by atoms with Crippen molar-refractivity contribution >= 4 is 11.8 Å². The second-order valence-electron chi connectivity index (χ2n) is 5.22. The second-order valence-corrected chi connectivity index (χ2v) is 5.22. The Morgan fingerprint density at radius 1 is 1.30 bits per heavy atom. The van der Waals surface area contributed by atoms with E-state index in [1.54, 1.807) is 0 Å². The average Bonchev–Trinajstić information content (AvgIpc) is 2.87. The van der Waals surface area contributed by atoms with Crippen molar-refractivity contribution in [3.8, 4) is 0 Å². The summed E-state index contributed by atoms with van der Waals surface area (Å²) in [7, 11) is 0. The summed E-state index contributed by atoms with van der Waals surface area (Å²) in [6, 6.07) is 7.89. The van der Waals surface area contributed by atoms with E-state index in [9.17, 15) is 9.59 Å². The van der Waals surface area contributed by atoms with E-state index in [2.05, 4.69) is 5.32 Å². The third-order valence-corrected chi connectivity index (χ3v) is 3.56. The zero-order valence-electron chi connectivity index (χ0n) is 11.8. The van der Waals surface area contributed by atoms with Gasteiger partial charge in [-0.2, -0.15) is 0 Å². The van der Waals surface area contributed by atoms with Gasteiger partial charge in [-0.1, -0.05) is 24.3 Å². The molecule has 1 fully saturated rings. The Kier molecular flexibility index (Phi) is 4.74. The van der Waals surface area contributed by atoms with Crippen LogP contribution in [0.25, 0.3) is 0 Å². The molecule has 1 unspecified atom stereocenters. The lowest BCUT2D eigenvalue weighted by Gasteiger charge is -2.17. The molecule has 0 aliphatic carbocycles. The van der Waals surface area contributed by atoms with Crippen molar-refractivity contribution in [3.05, 3.63) is 35.4 Å². The predicted octanol–water partition coefficient (Wildman–Crippen LogP) is 0.425. The molecule has 1 atom stereocenters. The summed E-state index contributed by atoms with van der Waals surface area (Å²) in [4.78, 5) is 25.0. The summed E-state index contributed by atoms with van der Waals surface area (Å²) < 4.78 is 0. The van der Waals surface area contributed by atoms with Crippen LogP contribution in [0.2, 0.25) is 0 Å². The maximum Gasteiger partial charge on any atom is 0.227 e. The molecule has 0 bridgehead atoms. The number of hydrogen-bond acceptors (Lipinski definition) is 3. The van der Waals surface area contributed by atoms with Gasteiger partial charge in [0.15, 0.2) is 0 Å². The maximum absolute atomic E-state index is 12.2. The summed E-state index contributed by atoms with van der Waals surface area (Å²) >= 11 is 0. The zero-order chi connectivity index (χ0) is 14.5. The number of likely N-dealkylation sites (tertiary alicyclic amines) is 1. The normalized spacial score (nSPS) is 18.1. The van der Waals surface area contributed by atoms with E-state index in [1.165, 1.54) is 6.92 Å². The number of carbonyl (C=O) groups is 2. The largest absolute Gasteiger partial charge is 0.352 e. The first kappa shape index (κ1) is 14.5. The lowest BCUT2D eigenvalue weighted by Crippen LogP contribution is -2.37. The number of hydrogen-bond donors (Lipinski definition) is 2. The molecule has 0 spiro atoms. The predicted molar refractivity (Wildman–Crippen MR) is 76.8 cm³/mol. The molecule has 1 saturated heterocycles. The first-order valence-corrected chi connectivity index (χ1v) is 6.91. The molecule has 3 N–H and O–H groups in total. The Labute approximate surface area is 119 Å². The average molecular weight is 275 g/mol. The van der Waals surface area contributed by atoms with Crippen LogP contribution in [0, 0.1) is 0 Å². The monoisotopic (exact) mass is 275 g/mol. The highest BCUT2D eigenvalue weighted by molar-refractivity contribution is 5.79. The highest BCUT2D eigenvalue weighted by Gasteiger charge is 2.26. The van der Waals surface area contributed by atoms with Crippen molar-refractivity contribution in [2.45, 2.75) is 32.4 Å². The van der Waals surface area contributed by atoms with E-state index in [0.717, 1.165) is 17.5 Å². The number of nitrogens with one attached hydrogen (secondary N) is 1. The van der Waals surface area contributed by atoms with Crippen LogP contribution in [0.15, 0.2) is 24.3 Å². The van der Waals surface area contributed by atoms with Crippen LogP contribution in [0.4, 0.5) is 0 Å². The van der Waals surface area contributed by atoms with E-state index < -0.39 is 0 Å². The molecule has 1 aromatic rings. The van der Waals surface area contributed by atoms with Gasteiger partial charge in [-0.3, -0.25) is 9.59 Å². The molecular weight excluding hydrogens is 254 g/mol. The van der Waals surface area contributed by atoms with E-state index in [1.807, 2.05) is 29.2 Å². The van der Waals surface area contributed by atoms with Crippen molar-refractivity contribution in [3.63, 3.8) is 0 Å². The molecule has 1 aromatic carbocycles. The van der Waals surface area contributed by atoms with Gasteiger partial charge in [0.25, 0.3) is 0 Å². The van der Waals surface area contributed by atoms with Gasteiger partial charge in [0.05, 0.1) is 6.42 Å². The Bertz CT molecular complexity index is 484. The second kappa shape index (κ2) is 6.52. The first-order chi connectivity index (χ1) is 9.58. The van der Waals surface area contributed by atoms with E-state index in [0.29, 0.717) is 26.1 Å². The number of amides is 2. The van der Waals surface area contributed by atoms with Crippen LogP contribution in [0.5, 0.6) is 0 Å². The minimum absolute atomic E-state index is 0.0401. The molecule has 0 radical (unpaired) electrons. The highest BCUT2D eigenvalue weighted by Crippen LogP contribution is 2.12. The third kappa shape index (κ3) is 3.81. The molecule has 0 aromatic heterocycles. The quantitative estimate of drug-likeness (QED) is 0.836. The van der Waals surface area contributed by atoms with E-state index >= 15 is 0 Å². The SMILES string of the molecule is CC(=O)NC1CCN(C(=O)Cc2ccc(CN)cc2)C1. The van der Waals surface area contributed by atoms with Gasteiger partial charge in [0.1, 0.15) is 0 Å². The van der Waals surface area contributed by atoms with Crippen LogP contribution in [0.1, 0.15) is 24.5 Å². The van der Waals surface area contributed by atoms with Crippen molar-refractivity contribution in [2.75, 3.05) is 13.1 Å². The minimum atomic E-state index is -0.0401. The minimum Gasteiger partial charge on any atom is -0.352 e. The molecule has 1 aliphatic rings. The fourth-order valence-corrected chi connectivity index (χ4v) is 2.47. The van der Waals surface area contributed by atoms with Crippen LogP contribution in [0.3, 0.4) is 0 Å². The molecule has 108 valence electrons. The summed E-state index contributed by atoms with van der Waals surface area (Å²) in [6.07, 6.45) is 1.23. The number of nitrogens with zero attached hydrogens (tertiary/aromatic N) is 1. The summed E-state index contributed by atoms with van der Waals surface area (Å²) in [5.41, 5.74) is 7.60. The van der Waals surface area contributed by atoms with E-state index in [4.69, 9.17) is 5.73 Å². The molecule has 2 amide bonds. The Balaban J connectivity index is 1.87. The van der Waals surface area contributed by atoms with Gasteiger partial charge >= 0.3 is 0 Å². The third-order valence-electron chi connectivity index (χ3n) is 3.56. The number of benzene rings is 1. The van der Waals surface area contributed by atoms with Crippen LogP contribution >= 0.6 is 0 Å². The first-order valence-electron chi connectivity index (χ1n) is 6.91. The molecule has 0 saturated carbocycles. The van der Waals surface area contributed by atoms with E-state index in [-0.39, 0.29) is 17.9 Å². The molecule has 1 aliphatic heterocycles. The molecule has 1 heterocycles. The van der Waals surface area contributed by atoms with Gasteiger partial charge in [0, 0.05) is 32.6 Å². The Morgan fingerprint density at radius 2 is 1.95 bits per heavy atom. The maximum atomic E-state index is 12.2. The number of nitrogens with two attached hydrogens (primary N) is 1. The zero-order valence-corrected chi connectivity index (χ0v) is 11.8. The Hall–Kier alpha value is -1.88. The topological polar surface area (TPSA) is 75.4 Å². The van der Waals surface area contributed by atoms with Gasteiger partial charge in [-0.25, -0.2) is 0 Å². The summed E-state index contributed by atoms with van der Waals surface area (Å²) in [5.74, 6) is 0.0695. The van der Waals surface area contributed by atoms with Gasteiger partial charge in [0.2, 0.25) is 11.8 Å². The van der Waals surface area contributed by atoms with Crippen molar-refractivity contribution < 1.29 is 9.59 Å². The van der Waals surface area contributed by atoms with Crippen LogP contribution in [-0.4, -0.2) is 35.8 Å². The number of rotatable bonds is 4. The van der Waals surface area contributed by atoms with Gasteiger partial charge < -0.3 is 16.0 Å². The molecule has 2 rings (SSSR count). The van der Waals surface area contributed by atoms with Crippen molar-refractivity contribution in [2.24, 2.45) is 5.73 Å². The van der Waals surface area contributed by atoms with Crippen LogP contribution < -0.4 is 11.1 Å². The molecular formula is C15H21N3O2. The van der Waals surface area contributed by atoms with Crippen molar-refractivity contribution in [1.29, 1.82) is 0 Å². The lowest BCUT2D eigenvalue weighted by molar-refractivity contribution is -0.129. The standard InChI is InChI=1S/C15H21N3O2/c1-11(19)17-14-6-7-18(10-14)15(20)8-12-2-4-13(9-16)5-3-12/h2-5,14H,6-10,16H2,1H3,(H,17,19).